The third-order valence-electron chi connectivity index (χ3n) is 3.01. The molecule has 0 radical (unpaired) electrons. The van der Waals surface area contributed by atoms with Gasteiger partial charge in [0.15, 0.2) is 0 Å². The maximum atomic E-state index is 13.7. The Bertz CT molecular complexity index is 573. The first-order chi connectivity index (χ1) is 8.90. The summed E-state index contributed by atoms with van der Waals surface area (Å²) in [4.78, 5) is 34.7. The van der Waals surface area contributed by atoms with E-state index >= 15 is 0 Å². The second-order valence-electron chi connectivity index (χ2n) is 4.28. The summed E-state index contributed by atoms with van der Waals surface area (Å²) in [5, 5.41) is 8.85. The van der Waals surface area contributed by atoms with Crippen molar-refractivity contribution in [2.45, 2.75) is 6.42 Å². The van der Waals surface area contributed by atoms with Crippen LogP contribution in [-0.4, -0.2) is 29.4 Å². The lowest BCUT2D eigenvalue weighted by Gasteiger charge is -2.17. The highest BCUT2D eigenvalue weighted by molar-refractivity contribution is 6.01. The standard InChI is InChI=1S/C12H11FN2O4/c13-8-2-1-6(12(18)19)3-9(8)15-5-7(11(14)17)4-10(15)16/h1-3,7H,4-5H2,(H2,14,17)(H,18,19). The number of hydrogen-bond acceptors (Lipinski definition) is 3. The molecule has 1 aliphatic heterocycles. The molecular formula is C12H11FN2O4. The van der Waals surface area contributed by atoms with Crippen LogP contribution in [0.25, 0.3) is 0 Å². The summed E-state index contributed by atoms with van der Waals surface area (Å²) in [6, 6.07) is 3.15. The van der Waals surface area contributed by atoms with Crippen LogP contribution in [0, 0.1) is 11.7 Å². The fourth-order valence-electron chi connectivity index (χ4n) is 1.98. The molecule has 2 rings (SSSR count). The number of anilines is 1. The molecule has 1 unspecified atom stereocenters. The molecule has 0 aromatic heterocycles. The number of nitrogens with zero attached hydrogens (tertiary/aromatic N) is 1. The Morgan fingerprint density at radius 1 is 1.42 bits per heavy atom. The highest BCUT2D eigenvalue weighted by atomic mass is 19.1. The highest BCUT2D eigenvalue weighted by Gasteiger charge is 2.35. The largest absolute Gasteiger partial charge is 0.478 e. The summed E-state index contributed by atoms with van der Waals surface area (Å²) in [7, 11) is 0. The number of amides is 2. The average molecular weight is 266 g/mol. The molecule has 7 heteroatoms. The van der Waals surface area contributed by atoms with Crippen LogP contribution >= 0.6 is 0 Å². The summed E-state index contributed by atoms with van der Waals surface area (Å²) in [5.74, 6) is -3.71. The fourth-order valence-corrected chi connectivity index (χ4v) is 1.98. The van der Waals surface area contributed by atoms with E-state index in [-0.39, 0.29) is 24.2 Å². The Labute approximate surface area is 107 Å². The number of halogens is 1. The van der Waals surface area contributed by atoms with Gasteiger partial charge in [-0.2, -0.15) is 0 Å². The first-order valence-corrected chi connectivity index (χ1v) is 5.52. The molecule has 19 heavy (non-hydrogen) atoms. The first kappa shape index (κ1) is 13.0. The minimum atomic E-state index is -1.22. The second-order valence-corrected chi connectivity index (χ2v) is 4.28. The smallest absolute Gasteiger partial charge is 0.335 e. The molecule has 6 nitrogen and oxygen atoms in total. The van der Waals surface area contributed by atoms with E-state index in [0.717, 1.165) is 23.1 Å². The normalized spacial score (nSPS) is 18.7. The quantitative estimate of drug-likeness (QED) is 0.824. The van der Waals surface area contributed by atoms with Gasteiger partial charge in [-0.25, -0.2) is 9.18 Å². The Balaban J connectivity index is 2.36. The van der Waals surface area contributed by atoms with Gasteiger partial charge in [0.2, 0.25) is 11.8 Å². The van der Waals surface area contributed by atoms with Gasteiger partial charge in [-0.3, -0.25) is 9.59 Å². The van der Waals surface area contributed by atoms with E-state index in [0.29, 0.717) is 0 Å². The summed E-state index contributed by atoms with van der Waals surface area (Å²) < 4.78 is 13.7. The number of hydrogen-bond donors (Lipinski definition) is 2. The van der Waals surface area contributed by atoms with Crippen LogP contribution in [0.3, 0.4) is 0 Å². The van der Waals surface area contributed by atoms with Crippen LogP contribution in [0.4, 0.5) is 10.1 Å². The molecule has 1 atom stereocenters. The minimum absolute atomic E-state index is 0.0336. The molecule has 0 spiro atoms. The van der Waals surface area contributed by atoms with Gasteiger partial charge in [-0.15, -0.1) is 0 Å². The highest BCUT2D eigenvalue weighted by Crippen LogP contribution is 2.28. The van der Waals surface area contributed by atoms with Crippen LogP contribution in [0.1, 0.15) is 16.8 Å². The lowest BCUT2D eigenvalue weighted by molar-refractivity contribution is -0.123. The maximum Gasteiger partial charge on any atom is 0.335 e. The number of carbonyl (C=O) groups is 3. The molecule has 1 saturated heterocycles. The van der Waals surface area contributed by atoms with Gasteiger partial charge in [-0.05, 0) is 18.2 Å². The van der Waals surface area contributed by atoms with Crippen molar-refractivity contribution in [2.24, 2.45) is 11.7 Å². The van der Waals surface area contributed by atoms with Crippen LogP contribution in [0.15, 0.2) is 18.2 Å². The summed E-state index contributed by atoms with van der Waals surface area (Å²) in [6.45, 7) is -0.0336. The fraction of sp³-hybridized carbons (Fsp3) is 0.250. The van der Waals surface area contributed by atoms with Gasteiger partial charge in [0.05, 0.1) is 17.2 Å². The molecule has 0 saturated carbocycles. The van der Waals surface area contributed by atoms with Gasteiger partial charge in [0, 0.05) is 13.0 Å². The van der Waals surface area contributed by atoms with Gasteiger partial charge < -0.3 is 15.7 Å². The van der Waals surface area contributed by atoms with Crippen LogP contribution < -0.4 is 10.6 Å². The van der Waals surface area contributed by atoms with Crippen molar-refractivity contribution >= 4 is 23.5 Å². The summed E-state index contributed by atoms with van der Waals surface area (Å²) in [6.07, 6.45) is -0.0912. The van der Waals surface area contributed by atoms with Crippen molar-refractivity contribution in [2.75, 3.05) is 11.4 Å². The first-order valence-electron chi connectivity index (χ1n) is 5.52. The molecule has 1 aromatic rings. The lowest BCUT2D eigenvalue weighted by atomic mass is 10.1. The Morgan fingerprint density at radius 3 is 2.63 bits per heavy atom. The van der Waals surface area contributed by atoms with E-state index in [9.17, 15) is 18.8 Å². The zero-order chi connectivity index (χ0) is 14.2. The number of aromatic carboxylic acids is 1. The van der Waals surface area contributed by atoms with Crippen molar-refractivity contribution in [3.8, 4) is 0 Å². The third kappa shape index (κ3) is 2.40. The third-order valence-corrected chi connectivity index (χ3v) is 3.01. The monoisotopic (exact) mass is 266 g/mol. The second kappa shape index (κ2) is 4.68. The van der Waals surface area contributed by atoms with Crippen LogP contribution in [-0.2, 0) is 9.59 Å². The van der Waals surface area contributed by atoms with Gasteiger partial charge in [0.1, 0.15) is 5.82 Å². The molecular weight excluding hydrogens is 255 g/mol. The number of carboxylic acid groups (broad SMARTS) is 1. The topological polar surface area (TPSA) is 101 Å². The lowest BCUT2D eigenvalue weighted by Crippen LogP contribution is -2.29. The SMILES string of the molecule is NC(=O)C1CC(=O)N(c2cc(C(=O)O)ccc2F)C1. The minimum Gasteiger partial charge on any atom is -0.478 e. The van der Waals surface area contributed by atoms with Gasteiger partial charge in [0.25, 0.3) is 0 Å². The average Bonchev–Trinajstić information content (AvgIpc) is 2.72. The van der Waals surface area contributed by atoms with E-state index in [1.165, 1.54) is 0 Å². The zero-order valence-electron chi connectivity index (χ0n) is 9.80. The number of benzene rings is 1. The number of rotatable bonds is 3. The maximum absolute atomic E-state index is 13.7. The summed E-state index contributed by atoms with van der Waals surface area (Å²) in [5.41, 5.74) is 4.83. The number of carbonyl (C=O) groups excluding carboxylic acids is 2. The van der Waals surface area contributed by atoms with Gasteiger partial charge in [-0.1, -0.05) is 0 Å². The molecule has 1 aliphatic rings. The van der Waals surface area contributed by atoms with E-state index < -0.39 is 29.5 Å². The van der Waals surface area contributed by atoms with E-state index in [4.69, 9.17) is 10.8 Å². The Kier molecular flexibility index (Phi) is 3.20. The molecule has 100 valence electrons. The number of carboxylic acids is 1. The van der Waals surface area contributed by atoms with E-state index in [1.54, 1.807) is 0 Å². The molecule has 0 bridgehead atoms. The molecule has 1 aromatic carbocycles. The zero-order valence-corrected chi connectivity index (χ0v) is 9.80. The number of primary amides is 1. The van der Waals surface area contributed by atoms with Crippen molar-refractivity contribution in [1.82, 2.24) is 0 Å². The number of nitrogens with two attached hydrogens (primary N) is 1. The summed E-state index contributed by atoms with van der Waals surface area (Å²) >= 11 is 0. The predicted octanol–water partition coefficient (Wildman–Crippen LogP) is 0.362. The molecule has 1 heterocycles. The van der Waals surface area contributed by atoms with Crippen molar-refractivity contribution < 1.29 is 23.9 Å². The van der Waals surface area contributed by atoms with Crippen molar-refractivity contribution in [3.05, 3.63) is 29.6 Å². The Hall–Kier alpha value is -2.44. The van der Waals surface area contributed by atoms with Crippen molar-refractivity contribution in [1.29, 1.82) is 0 Å². The van der Waals surface area contributed by atoms with E-state index in [1.807, 2.05) is 0 Å². The molecule has 1 fully saturated rings. The predicted molar refractivity (Wildman–Crippen MR) is 63.0 cm³/mol. The molecule has 2 amide bonds. The van der Waals surface area contributed by atoms with Gasteiger partial charge >= 0.3 is 5.97 Å². The molecule has 3 N–H and O–H groups in total. The Morgan fingerprint density at radius 2 is 2.11 bits per heavy atom. The van der Waals surface area contributed by atoms with E-state index in [2.05, 4.69) is 0 Å². The van der Waals surface area contributed by atoms with Crippen LogP contribution in [0.5, 0.6) is 0 Å². The van der Waals surface area contributed by atoms with Crippen molar-refractivity contribution in [3.63, 3.8) is 0 Å². The van der Waals surface area contributed by atoms with Crippen LogP contribution in [0.2, 0.25) is 0 Å². The molecule has 0 aliphatic carbocycles.